The minimum Gasteiger partial charge on any atom is -0.461 e. The molecule has 2 heterocycles. The number of hydrogen-bond donors (Lipinski definition) is 0. The van der Waals surface area contributed by atoms with Gasteiger partial charge in [-0.3, -0.25) is 0 Å². The molecular weight excluding hydrogens is 240 g/mol. The summed E-state index contributed by atoms with van der Waals surface area (Å²) in [6, 6.07) is 0. The molecule has 0 bridgehead atoms. The highest BCUT2D eigenvalue weighted by Crippen LogP contribution is 2.25. The van der Waals surface area contributed by atoms with Crippen molar-refractivity contribution in [1.29, 1.82) is 0 Å². The number of thiazole rings is 1. The SMILES string of the molecule is CCOC(=O)c1csc(N2CC[C@H](OC)C2)n1. The van der Waals surface area contributed by atoms with Gasteiger partial charge in [-0.25, -0.2) is 9.78 Å². The van der Waals surface area contributed by atoms with Crippen LogP contribution in [0.3, 0.4) is 0 Å². The zero-order chi connectivity index (χ0) is 12.3. The first kappa shape index (κ1) is 12.3. The number of esters is 1. The van der Waals surface area contributed by atoms with Crippen LogP contribution in [0.5, 0.6) is 0 Å². The van der Waals surface area contributed by atoms with Gasteiger partial charge in [-0.1, -0.05) is 0 Å². The second-order valence-electron chi connectivity index (χ2n) is 3.83. The lowest BCUT2D eigenvalue weighted by Gasteiger charge is -2.13. The molecule has 17 heavy (non-hydrogen) atoms. The largest absolute Gasteiger partial charge is 0.461 e. The molecule has 1 aromatic heterocycles. The summed E-state index contributed by atoms with van der Waals surface area (Å²) in [7, 11) is 1.72. The van der Waals surface area contributed by atoms with E-state index in [1.807, 2.05) is 0 Å². The Morgan fingerprint density at radius 2 is 2.53 bits per heavy atom. The predicted octanol–water partition coefficient (Wildman–Crippen LogP) is 1.54. The maximum Gasteiger partial charge on any atom is 0.357 e. The Kier molecular flexibility index (Phi) is 3.96. The lowest BCUT2D eigenvalue weighted by atomic mass is 10.3. The second-order valence-corrected chi connectivity index (χ2v) is 4.66. The average molecular weight is 256 g/mol. The molecule has 0 aromatic carbocycles. The first-order chi connectivity index (χ1) is 8.24. The molecule has 1 fully saturated rings. The predicted molar refractivity (Wildman–Crippen MR) is 65.7 cm³/mol. The molecule has 5 nitrogen and oxygen atoms in total. The summed E-state index contributed by atoms with van der Waals surface area (Å²) in [6.07, 6.45) is 1.27. The fraction of sp³-hybridized carbons (Fsp3) is 0.636. The lowest BCUT2D eigenvalue weighted by Crippen LogP contribution is -2.22. The van der Waals surface area contributed by atoms with Crippen LogP contribution in [0.4, 0.5) is 5.13 Å². The third-order valence-corrected chi connectivity index (χ3v) is 3.63. The normalized spacial score (nSPS) is 19.6. The van der Waals surface area contributed by atoms with Gasteiger partial charge < -0.3 is 14.4 Å². The number of aromatic nitrogens is 1. The van der Waals surface area contributed by atoms with Gasteiger partial charge in [0.1, 0.15) is 0 Å². The van der Waals surface area contributed by atoms with E-state index >= 15 is 0 Å². The second kappa shape index (κ2) is 5.46. The van der Waals surface area contributed by atoms with Gasteiger partial charge in [0, 0.05) is 25.6 Å². The number of carbonyl (C=O) groups excluding carboxylic acids is 1. The van der Waals surface area contributed by atoms with Crippen molar-refractivity contribution in [2.75, 3.05) is 31.7 Å². The Bertz CT molecular complexity index is 394. The molecule has 0 N–H and O–H groups in total. The summed E-state index contributed by atoms with van der Waals surface area (Å²) < 4.78 is 10.2. The van der Waals surface area contributed by atoms with Crippen molar-refractivity contribution < 1.29 is 14.3 Å². The van der Waals surface area contributed by atoms with Crippen LogP contribution in [0.1, 0.15) is 23.8 Å². The molecule has 0 radical (unpaired) electrons. The van der Waals surface area contributed by atoms with E-state index in [1.54, 1.807) is 19.4 Å². The van der Waals surface area contributed by atoms with Crippen molar-refractivity contribution in [3.05, 3.63) is 11.1 Å². The van der Waals surface area contributed by atoms with Crippen molar-refractivity contribution in [3.63, 3.8) is 0 Å². The number of ether oxygens (including phenoxy) is 2. The van der Waals surface area contributed by atoms with Crippen molar-refractivity contribution >= 4 is 22.4 Å². The highest BCUT2D eigenvalue weighted by atomic mass is 32.1. The van der Waals surface area contributed by atoms with Gasteiger partial charge in [-0.05, 0) is 13.3 Å². The summed E-state index contributed by atoms with van der Waals surface area (Å²) in [5.74, 6) is -0.350. The van der Waals surface area contributed by atoms with Crippen LogP contribution in [0.15, 0.2) is 5.38 Å². The summed E-state index contributed by atoms with van der Waals surface area (Å²) in [6.45, 7) is 3.93. The lowest BCUT2D eigenvalue weighted by molar-refractivity contribution is 0.0520. The molecule has 0 saturated carbocycles. The van der Waals surface area contributed by atoms with Crippen molar-refractivity contribution in [2.45, 2.75) is 19.4 Å². The van der Waals surface area contributed by atoms with Crippen LogP contribution in [0.25, 0.3) is 0 Å². The molecule has 1 aromatic rings. The minimum atomic E-state index is -0.350. The molecule has 1 aliphatic rings. The molecule has 0 aliphatic carbocycles. The Morgan fingerprint density at radius 3 is 3.18 bits per heavy atom. The fourth-order valence-electron chi connectivity index (χ4n) is 1.80. The van der Waals surface area contributed by atoms with E-state index in [9.17, 15) is 4.79 Å². The summed E-state index contributed by atoms with van der Waals surface area (Å²) in [5, 5.41) is 2.61. The van der Waals surface area contributed by atoms with Gasteiger partial charge in [0.05, 0.1) is 12.7 Å². The summed E-state index contributed by atoms with van der Waals surface area (Å²) >= 11 is 1.47. The smallest absolute Gasteiger partial charge is 0.357 e. The maximum absolute atomic E-state index is 11.5. The molecule has 1 aliphatic heterocycles. The Hall–Kier alpha value is -1.14. The van der Waals surface area contributed by atoms with Crippen molar-refractivity contribution in [3.8, 4) is 0 Å². The van der Waals surface area contributed by atoms with E-state index in [1.165, 1.54) is 11.3 Å². The molecule has 1 atom stereocenters. The molecule has 2 rings (SSSR count). The number of anilines is 1. The van der Waals surface area contributed by atoms with Crippen LogP contribution in [-0.4, -0.2) is 43.9 Å². The monoisotopic (exact) mass is 256 g/mol. The number of nitrogens with zero attached hydrogens (tertiary/aromatic N) is 2. The van der Waals surface area contributed by atoms with Crippen LogP contribution < -0.4 is 4.90 Å². The van der Waals surface area contributed by atoms with Crippen LogP contribution in [0.2, 0.25) is 0 Å². The number of methoxy groups -OCH3 is 1. The summed E-state index contributed by atoms with van der Waals surface area (Å²) in [5.41, 5.74) is 0.396. The average Bonchev–Trinajstić information content (AvgIpc) is 2.98. The quantitative estimate of drug-likeness (QED) is 0.765. The third-order valence-electron chi connectivity index (χ3n) is 2.73. The number of hydrogen-bond acceptors (Lipinski definition) is 6. The zero-order valence-electron chi connectivity index (χ0n) is 10.0. The number of carbonyl (C=O) groups is 1. The molecular formula is C11H16N2O3S. The molecule has 94 valence electrons. The molecule has 0 amide bonds. The highest BCUT2D eigenvalue weighted by molar-refractivity contribution is 7.13. The zero-order valence-corrected chi connectivity index (χ0v) is 10.8. The van der Waals surface area contributed by atoms with Gasteiger partial charge >= 0.3 is 5.97 Å². The van der Waals surface area contributed by atoms with Crippen molar-refractivity contribution in [1.82, 2.24) is 4.98 Å². The van der Waals surface area contributed by atoms with Crippen molar-refractivity contribution in [2.24, 2.45) is 0 Å². The Balaban J connectivity index is 2.01. The van der Waals surface area contributed by atoms with E-state index in [-0.39, 0.29) is 12.1 Å². The van der Waals surface area contributed by atoms with Gasteiger partial charge in [-0.15, -0.1) is 11.3 Å². The van der Waals surface area contributed by atoms with Gasteiger partial charge in [0.15, 0.2) is 10.8 Å². The summed E-state index contributed by atoms with van der Waals surface area (Å²) in [4.78, 5) is 17.9. The van der Waals surface area contributed by atoms with E-state index in [2.05, 4.69) is 9.88 Å². The van der Waals surface area contributed by atoms with Crippen LogP contribution in [-0.2, 0) is 9.47 Å². The van der Waals surface area contributed by atoms with Crippen LogP contribution >= 0.6 is 11.3 Å². The first-order valence-electron chi connectivity index (χ1n) is 5.65. The highest BCUT2D eigenvalue weighted by Gasteiger charge is 2.25. The number of rotatable bonds is 4. The molecule has 0 spiro atoms. The van der Waals surface area contributed by atoms with E-state index in [4.69, 9.17) is 9.47 Å². The van der Waals surface area contributed by atoms with Gasteiger partial charge in [-0.2, -0.15) is 0 Å². The molecule has 0 unspecified atom stereocenters. The van der Waals surface area contributed by atoms with Gasteiger partial charge in [0.25, 0.3) is 0 Å². The van der Waals surface area contributed by atoms with E-state index in [0.717, 1.165) is 24.6 Å². The van der Waals surface area contributed by atoms with E-state index in [0.29, 0.717) is 12.3 Å². The fourth-order valence-corrected chi connectivity index (χ4v) is 2.63. The molecule has 6 heteroatoms. The standard InChI is InChI=1S/C11H16N2O3S/c1-3-16-10(14)9-7-17-11(12-9)13-5-4-8(6-13)15-2/h7-8H,3-6H2,1-2H3/t8-/m0/s1. The van der Waals surface area contributed by atoms with Gasteiger partial charge in [0.2, 0.25) is 0 Å². The first-order valence-corrected chi connectivity index (χ1v) is 6.53. The maximum atomic E-state index is 11.5. The molecule has 1 saturated heterocycles. The minimum absolute atomic E-state index is 0.268. The van der Waals surface area contributed by atoms with Crippen LogP contribution in [0, 0.1) is 0 Å². The topological polar surface area (TPSA) is 51.7 Å². The van der Waals surface area contributed by atoms with E-state index < -0.39 is 0 Å². The Morgan fingerprint density at radius 1 is 1.71 bits per heavy atom. The third kappa shape index (κ3) is 2.76. The Labute approximate surface area is 104 Å².